The second kappa shape index (κ2) is 6.60. The molecule has 1 aliphatic carbocycles. The maximum Gasteiger partial charge on any atom is 0.316 e. The van der Waals surface area contributed by atoms with Crippen LogP contribution in [0.25, 0.3) is 0 Å². The van der Waals surface area contributed by atoms with Gasteiger partial charge in [-0.15, -0.1) is 0 Å². The van der Waals surface area contributed by atoms with E-state index >= 15 is 0 Å². The number of ketones is 1. The van der Waals surface area contributed by atoms with Crippen LogP contribution in [0.15, 0.2) is 24.3 Å². The summed E-state index contributed by atoms with van der Waals surface area (Å²) in [4.78, 5) is 36.9. The zero-order chi connectivity index (χ0) is 18.1. The first-order chi connectivity index (χ1) is 11.2. The molecule has 0 radical (unpaired) electrons. The lowest BCUT2D eigenvalue weighted by Gasteiger charge is -2.43. The van der Waals surface area contributed by atoms with Crippen LogP contribution in [-0.2, 0) is 23.9 Å². The molecular formula is C17H20O7. The van der Waals surface area contributed by atoms with Crippen molar-refractivity contribution in [3.63, 3.8) is 0 Å². The Morgan fingerprint density at radius 2 is 1.83 bits per heavy atom. The highest BCUT2D eigenvalue weighted by atomic mass is 16.5. The number of hydrogen-bond donors (Lipinski definition) is 2. The van der Waals surface area contributed by atoms with Gasteiger partial charge in [0.25, 0.3) is 0 Å². The smallest absolute Gasteiger partial charge is 0.316 e. The van der Waals surface area contributed by atoms with Crippen LogP contribution in [-0.4, -0.2) is 47.8 Å². The molecule has 0 spiro atoms. The molecule has 0 aliphatic heterocycles. The maximum absolute atomic E-state index is 12.5. The van der Waals surface area contributed by atoms with Crippen LogP contribution in [0, 0.1) is 11.8 Å². The molecule has 1 aliphatic rings. The molecule has 7 nitrogen and oxygen atoms in total. The normalized spacial score (nSPS) is 29.8. The van der Waals surface area contributed by atoms with E-state index in [-0.39, 0.29) is 12.2 Å². The third-order valence-electron chi connectivity index (χ3n) is 4.43. The van der Waals surface area contributed by atoms with Gasteiger partial charge in [-0.3, -0.25) is 14.4 Å². The van der Waals surface area contributed by atoms with Gasteiger partial charge in [0.2, 0.25) is 0 Å². The number of phenolic OH excluding ortho intramolecular Hbond substituents is 1. The predicted molar refractivity (Wildman–Crippen MR) is 82.1 cm³/mol. The molecule has 0 unspecified atom stereocenters. The second-order valence-electron chi connectivity index (χ2n) is 6.12. The first-order valence-electron chi connectivity index (χ1n) is 7.42. The van der Waals surface area contributed by atoms with Crippen LogP contribution < -0.4 is 0 Å². The van der Waals surface area contributed by atoms with Crippen molar-refractivity contribution in [3.8, 4) is 5.75 Å². The van der Waals surface area contributed by atoms with E-state index in [4.69, 9.17) is 9.47 Å². The molecule has 7 heteroatoms. The molecule has 24 heavy (non-hydrogen) atoms. The van der Waals surface area contributed by atoms with E-state index in [1.54, 1.807) is 6.07 Å². The molecule has 1 aromatic carbocycles. The fourth-order valence-corrected chi connectivity index (χ4v) is 3.40. The Balaban J connectivity index is 2.65. The maximum atomic E-state index is 12.5. The van der Waals surface area contributed by atoms with Crippen molar-refractivity contribution in [1.82, 2.24) is 0 Å². The van der Waals surface area contributed by atoms with Gasteiger partial charge in [-0.05, 0) is 24.6 Å². The number of esters is 2. The number of carbonyl (C=O) groups excluding carboxylic acids is 3. The largest absolute Gasteiger partial charge is 0.508 e. The number of aromatic hydroxyl groups is 1. The van der Waals surface area contributed by atoms with Crippen LogP contribution in [0.5, 0.6) is 5.75 Å². The molecule has 4 atom stereocenters. The van der Waals surface area contributed by atoms with Crippen molar-refractivity contribution in [2.75, 3.05) is 14.2 Å². The summed E-state index contributed by atoms with van der Waals surface area (Å²) < 4.78 is 9.50. The standard InChI is InChI=1S/C17H20O7/c1-17(22)8-11(19)13(15(20)23-2)12(14(17)16(21)24-3)9-5-4-6-10(18)7-9/h4-7,12-14,18,22H,8H2,1-3H3/t12-,13+,14+,17-/m1/s1. The summed E-state index contributed by atoms with van der Waals surface area (Å²) in [6.45, 7) is 1.36. The number of methoxy groups -OCH3 is 2. The minimum Gasteiger partial charge on any atom is -0.508 e. The van der Waals surface area contributed by atoms with E-state index in [1.165, 1.54) is 32.2 Å². The summed E-state index contributed by atoms with van der Waals surface area (Å²) >= 11 is 0. The molecule has 1 fully saturated rings. The summed E-state index contributed by atoms with van der Waals surface area (Å²) in [7, 11) is 2.32. The van der Waals surface area contributed by atoms with Gasteiger partial charge < -0.3 is 19.7 Å². The van der Waals surface area contributed by atoms with Crippen molar-refractivity contribution in [2.24, 2.45) is 11.8 Å². The summed E-state index contributed by atoms with van der Waals surface area (Å²) in [6.07, 6.45) is -0.373. The van der Waals surface area contributed by atoms with Crippen LogP contribution in [0.1, 0.15) is 24.8 Å². The summed E-state index contributed by atoms with van der Waals surface area (Å²) in [5.74, 6) is -5.58. The van der Waals surface area contributed by atoms with E-state index in [0.717, 1.165) is 7.11 Å². The monoisotopic (exact) mass is 336 g/mol. The fourth-order valence-electron chi connectivity index (χ4n) is 3.40. The van der Waals surface area contributed by atoms with Crippen molar-refractivity contribution in [1.29, 1.82) is 0 Å². The van der Waals surface area contributed by atoms with Gasteiger partial charge in [-0.2, -0.15) is 0 Å². The zero-order valence-electron chi connectivity index (χ0n) is 13.7. The Kier molecular flexibility index (Phi) is 4.94. The average Bonchev–Trinajstić information content (AvgIpc) is 2.52. The average molecular weight is 336 g/mol. The third kappa shape index (κ3) is 3.12. The highest BCUT2D eigenvalue weighted by Crippen LogP contribution is 2.47. The van der Waals surface area contributed by atoms with Crippen molar-refractivity contribution in [3.05, 3.63) is 29.8 Å². The number of Topliss-reactive ketones (excluding diaryl/α,β-unsaturated/α-hetero) is 1. The summed E-state index contributed by atoms with van der Waals surface area (Å²) in [6, 6.07) is 5.88. The van der Waals surface area contributed by atoms with Gasteiger partial charge in [-0.25, -0.2) is 0 Å². The van der Waals surface area contributed by atoms with Gasteiger partial charge in [0.05, 0.1) is 25.7 Å². The predicted octanol–water partition coefficient (Wildman–Crippen LogP) is 0.778. The second-order valence-corrected chi connectivity index (χ2v) is 6.12. The summed E-state index contributed by atoms with van der Waals surface area (Å²) in [5.41, 5.74) is -1.32. The molecule has 0 aromatic heterocycles. The molecule has 0 amide bonds. The number of rotatable bonds is 3. The Hall–Kier alpha value is -2.41. The molecule has 0 heterocycles. The highest BCUT2D eigenvalue weighted by Gasteiger charge is 2.56. The lowest BCUT2D eigenvalue weighted by atomic mass is 9.61. The van der Waals surface area contributed by atoms with Crippen molar-refractivity contribution in [2.45, 2.75) is 24.9 Å². The van der Waals surface area contributed by atoms with Crippen molar-refractivity contribution < 1.29 is 34.1 Å². The molecule has 2 N–H and O–H groups in total. The molecule has 1 aromatic rings. The first kappa shape index (κ1) is 17.9. The number of benzene rings is 1. The molecule has 130 valence electrons. The van der Waals surface area contributed by atoms with Crippen LogP contribution >= 0.6 is 0 Å². The Labute approximate surface area is 139 Å². The number of ether oxygens (including phenoxy) is 2. The van der Waals surface area contributed by atoms with Gasteiger partial charge in [0, 0.05) is 12.3 Å². The SMILES string of the molecule is COC(=O)[C@H]1C(=O)C[C@@](C)(O)[C@H](C(=O)OC)[C@@H]1c1cccc(O)c1. The van der Waals surface area contributed by atoms with E-state index in [2.05, 4.69) is 0 Å². The molecule has 0 bridgehead atoms. The minimum atomic E-state index is -1.69. The van der Waals surface area contributed by atoms with Crippen LogP contribution in [0.2, 0.25) is 0 Å². The summed E-state index contributed by atoms with van der Waals surface area (Å²) in [5, 5.41) is 20.4. The van der Waals surface area contributed by atoms with Crippen molar-refractivity contribution >= 4 is 17.7 Å². The Morgan fingerprint density at radius 3 is 2.38 bits per heavy atom. The Morgan fingerprint density at radius 1 is 1.21 bits per heavy atom. The van der Waals surface area contributed by atoms with Crippen LogP contribution in [0.4, 0.5) is 0 Å². The van der Waals surface area contributed by atoms with Gasteiger partial charge in [-0.1, -0.05) is 12.1 Å². The molecule has 0 saturated heterocycles. The Bertz CT molecular complexity index is 665. The molecule has 2 rings (SSSR count). The number of hydrogen-bond acceptors (Lipinski definition) is 7. The lowest BCUT2D eigenvalue weighted by Crippen LogP contribution is -2.55. The first-order valence-corrected chi connectivity index (χ1v) is 7.42. The van der Waals surface area contributed by atoms with E-state index in [0.29, 0.717) is 5.56 Å². The number of carbonyl (C=O) groups is 3. The quantitative estimate of drug-likeness (QED) is 0.620. The third-order valence-corrected chi connectivity index (χ3v) is 4.43. The van der Waals surface area contributed by atoms with E-state index in [9.17, 15) is 24.6 Å². The van der Waals surface area contributed by atoms with Gasteiger partial charge in [0.1, 0.15) is 11.7 Å². The minimum absolute atomic E-state index is 0.0857. The van der Waals surface area contributed by atoms with E-state index < -0.39 is 41.1 Å². The number of aliphatic hydroxyl groups is 1. The van der Waals surface area contributed by atoms with E-state index in [1.807, 2.05) is 0 Å². The highest BCUT2D eigenvalue weighted by molar-refractivity contribution is 6.02. The topological polar surface area (TPSA) is 110 Å². The zero-order valence-corrected chi connectivity index (χ0v) is 13.7. The molecular weight excluding hydrogens is 316 g/mol. The van der Waals surface area contributed by atoms with Crippen LogP contribution in [0.3, 0.4) is 0 Å². The van der Waals surface area contributed by atoms with Gasteiger partial charge >= 0.3 is 11.9 Å². The van der Waals surface area contributed by atoms with Gasteiger partial charge in [0.15, 0.2) is 5.78 Å². The number of phenols is 1. The fraction of sp³-hybridized carbons (Fsp3) is 0.471. The lowest BCUT2D eigenvalue weighted by molar-refractivity contribution is -0.170. The molecule has 1 saturated carbocycles.